The second-order valence-electron chi connectivity index (χ2n) is 5.34. The average molecular weight is 261 g/mol. The summed E-state index contributed by atoms with van der Waals surface area (Å²) in [6.45, 7) is 2.40. The van der Waals surface area contributed by atoms with Crippen LogP contribution in [0.4, 0.5) is 0 Å². The molecule has 1 aliphatic carbocycles. The molecule has 0 amide bonds. The Morgan fingerprint density at radius 2 is 1.71 bits per heavy atom. The summed E-state index contributed by atoms with van der Waals surface area (Å²) < 4.78 is 28.3. The van der Waals surface area contributed by atoms with E-state index in [0.717, 1.165) is 25.7 Å². The molecule has 0 unspecified atom stereocenters. The van der Waals surface area contributed by atoms with Gasteiger partial charge in [0.2, 0.25) is 0 Å². The van der Waals surface area contributed by atoms with Gasteiger partial charge in [-0.05, 0) is 37.6 Å². The Labute approximate surface area is 104 Å². The molecule has 0 aromatic heterocycles. The van der Waals surface area contributed by atoms with Gasteiger partial charge in [-0.1, -0.05) is 12.8 Å². The third-order valence-electron chi connectivity index (χ3n) is 4.13. The molecule has 3 N–H and O–H groups in total. The highest BCUT2D eigenvalue weighted by Gasteiger charge is 2.35. The van der Waals surface area contributed by atoms with Crippen molar-refractivity contribution in [1.82, 2.24) is 9.03 Å². The predicted octanol–water partition coefficient (Wildman–Crippen LogP) is 0.436. The zero-order valence-corrected chi connectivity index (χ0v) is 11.1. The van der Waals surface area contributed by atoms with E-state index in [4.69, 9.17) is 5.73 Å². The van der Waals surface area contributed by atoms with E-state index < -0.39 is 10.2 Å². The van der Waals surface area contributed by atoms with Crippen LogP contribution in [0.2, 0.25) is 0 Å². The molecule has 0 atom stereocenters. The second-order valence-corrected chi connectivity index (χ2v) is 7.10. The van der Waals surface area contributed by atoms with Crippen LogP contribution in [0.5, 0.6) is 0 Å². The summed E-state index contributed by atoms with van der Waals surface area (Å²) in [5, 5.41) is 0. The molecule has 1 saturated heterocycles. The normalized spacial score (nSPS) is 25.5. The van der Waals surface area contributed by atoms with E-state index in [1.165, 1.54) is 12.8 Å². The lowest BCUT2D eigenvalue weighted by Crippen LogP contribution is -2.45. The first-order valence-corrected chi connectivity index (χ1v) is 7.97. The van der Waals surface area contributed by atoms with E-state index >= 15 is 0 Å². The summed E-state index contributed by atoms with van der Waals surface area (Å²) >= 11 is 0. The lowest BCUT2D eigenvalue weighted by atomic mass is 9.87. The molecule has 0 aromatic carbocycles. The Hall–Kier alpha value is -0.170. The molecule has 0 bridgehead atoms. The van der Waals surface area contributed by atoms with Crippen molar-refractivity contribution in [1.29, 1.82) is 0 Å². The Bertz CT molecular complexity index is 344. The summed E-state index contributed by atoms with van der Waals surface area (Å²) in [7, 11) is -3.27. The zero-order valence-electron chi connectivity index (χ0n) is 10.3. The molecule has 0 spiro atoms. The number of nitrogens with one attached hydrogen (secondary N) is 1. The first kappa shape index (κ1) is 13.3. The lowest BCUT2D eigenvalue weighted by Gasteiger charge is -2.28. The molecule has 2 fully saturated rings. The highest BCUT2D eigenvalue weighted by atomic mass is 32.2. The van der Waals surface area contributed by atoms with Crippen molar-refractivity contribution in [3.8, 4) is 0 Å². The van der Waals surface area contributed by atoms with Gasteiger partial charge in [-0.25, -0.2) is 4.72 Å². The van der Waals surface area contributed by atoms with E-state index in [1.54, 1.807) is 4.31 Å². The van der Waals surface area contributed by atoms with Crippen LogP contribution >= 0.6 is 0 Å². The number of hydrogen-bond donors (Lipinski definition) is 2. The molecule has 2 aliphatic rings. The third kappa shape index (κ3) is 2.99. The van der Waals surface area contributed by atoms with Gasteiger partial charge in [-0.15, -0.1) is 0 Å². The summed E-state index contributed by atoms with van der Waals surface area (Å²) in [5.41, 5.74) is 5.81. The molecule has 0 radical (unpaired) electrons. The van der Waals surface area contributed by atoms with E-state index in [9.17, 15) is 8.42 Å². The Morgan fingerprint density at radius 3 is 2.24 bits per heavy atom. The number of nitrogens with two attached hydrogens (primary N) is 1. The standard InChI is InChI=1S/C11H23N3O2S/c12-9-11(5-1-2-6-11)10-13-17(15,16)14-7-3-4-8-14/h13H,1-10,12H2. The molecule has 1 saturated carbocycles. The maximum absolute atomic E-state index is 12.0. The van der Waals surface area contributed by atoms with Gasteiger partial charge in [0.05, 0.1) is 0 Å². The quantitative estimate of drug-likeness (QED) is 0.754. The lowest BCUT2D eigenvalue weighted by molar-refractivity contribution is 0.305. The van der Waals surface area contributed by atoms with Crippen LogP contribution < -0.4 is 10.5 Å². The van der Waals surface area contributed by atoms with Crippen molar-refractivity contribution in [3.63, 3.8) is 0 Å². The van der Waals surface area contributed by atoms with Crippen LogP contribution in [0, 0.1) is 5.41 Å². The topological polar surface area (TPSA) is 75.4 Å². The number of hydrogen-bond acceptors (Lipinski definition) is 3. The fourth-order valence-electron chi connectivity index (χ4n) is 2.84. The maximum Gasteiger partial charge on any atom is 0.279 e. The van der Waals surface area contributed by atoms with Gasteiger partial charge in [-0.3, -0.25) is 0 Å². The third-order valence-corrected chi connectivity index (χ3v) is 5.69. The molecule has 2 rings (SSSR count). The first-order valence-electron chi connectivity index (χ1n) is 6.53. The van der Waals surface area contributed by atoms with Crippen LogP contribution in [-0.2, 0) is 10.2 Å². The van der Waals surface area contributed by atoms with Crippen molar-refractivity contribution in [2.24, 2.45) is 11.1 Å². The highest BCUT2D eigenvalue weighted by molar-refractivity contribution is 7.87. The fraction of sp³-hybridized carbons (Fsp3) is 1.00. The fourth-order valence-corrected chi connectivity index (χ4v) is 4.25. The zero-order chi connectivity index (χ0) is 12.4. The van der Waals surface area contributed by atoms with Gasteiger partial charge in [-0.2, -0.15) is 12.7 Å². The smallest absolute Gasteiger partial charge is 0.279 e. The van der Waals surface area contributed by atoms with E-state index in [2.05, 4.69) is 4.72 Å². The Kier molecular flexibility index (Phi) is 4.07. The summed E-state index contributed by atoms with van der Waals surface area (Å²) in [6, 6.07) is 0. The Morgan fingerprint density at radius 1 is 1.12 bits per heavy atom. The highest BCUT2D eigenvalue weighted by Crippen LogP contribution is 2.36. The van der Waals surface area contributed by atoms with Crippen molar-refractivity contribution in [3.05, 3.63) is 0 Å². The van der Waals surface area contributed by atoms with Crippen LogP contribution in [0.3, 0.4) is 0 Å². The number of nitrogens with zero attached hydrogens (tertiary/aromatic N) is 1. The summed E-state index contributed by atoms with van der Waals surface area (Å²) in [5.74, 6) is 0. The van der Waals surface area contributed by atoms with Crippen LogP contribution in [0.25, 0.3) is 0 Å². The van der Waals surface area contributed by atoms with Gasteiger partial charge < -0.3 is 5.73 Å². The molecule has 1 heterocycles. The van der Waals surface area contributed by atoms with Crippen LogP contribution in [0.15, 0.2) is 0 Å². The molecule has 100 valence electrons. The summed E-state index contributed by atoms with van der Waals surface area (Å²) in [4.78, 5) is 0. The van der Waals surface area contributed by atoms with Crippen molar-refractivity contribution >= 4 is 10.2 Å². The minimum absolute atomic E-state index is 0.00674. The van der Waals surface area contributed by atoms with Crippen molar-refractivity contribution in [2.45, 2.75) is 38.5 Å². The second kappa shape index (κ2) is 5.22. The van der Waals surface area contributed by atoms with E-state index in [1.807, 2.05) is 0 Å². The van der Waals surface area contributed by atoms with Crippen LogP contribution in [-0.4, -0.2) is 38.9 Å². The van der Waals surface area contributed by atoms with Gasteiger partial charge in [0, 0.05) is 19.6 Å². The molecular formula is C11H23N3O2S. The first-order chi connectivity index (χ1) is 8.08. The maximum atomic E-state index is 12.0. The molecule has 6 heteroatoms. The molecule has 1 aliphatic heterocycles. The molecule has 17 heavy (non-hydrogen) atoms. The largest absolute Gasteiger partial charge is 0.330 e. The van der Waals surface area contributed by atoms with Gasteiger partial charge >= 0.3 is 0 Å². The van der Waals surface area contributed by atoms with E-state index in [-0.39, 0.29) is 5.41 Å². The minimum atomic E-state index is -3.27. The predicted molar refractivity (Wildman–Crippen MR) is 67.7 cm³/mol. The SMILES string of the molecule is NCC1(CNS(=O)(=O)N2CCCC2)CCCC1. The van der Waals surface area contributed by atoms with Gasteiger partial charge in [0.1, 0.15) is 0 Å². The monoisotopic (exact) mass is 261 g/mol. The number of rotatable bonds is 5. The van der Waals surface area contributed by atoms with E-state index in [0.29, 0.717) is 26.2 Å². The van der Waals surface area contributed by atoms with Crippen molar-refractivity contribution < 1.29 is 8.42 Å². The van der Waals surface area contributed by atoms with Gasteiger partial charge in [0.25, 0.3) is 10.2 Å². The average Bonchev–Trinajstić information content (AvgIpc) is 2.99. The molecular weight excluding hydrogens is 238 g/mol. The van der Waals surface area contributed by atoms with Crippen LogP contribution in [0.1, 0.15) is 38.5 Å². The minimum Gasteiger partial charge on any atom is -0.330 e. The summed E-state index contributed by atoms with van der Waals surface area (Å²) in [6.07, 6.45) is 6.38. The van der Waals surface area contributed by atoms with Crippen molar-refractivity contribution in [2.75, 3.05) is 26.2 Å². The molecule has 0 aromatic rings. The Balaban J connectivity index is 1.92. The molecule has 5 nitrogen and oxygen atoms in total. The van der Waals surface area contributed by atoms with Gasteiger partial charge in [0.15, 0.2) is 0 Å².